The molecule has 10 nitrogen and oxygen atoms in total. The van der Waals surface area contributed by atoms with Crippen LogP contribution in [-0.2, 0) is 23.2 Å². The molecule has 0 radical (unpaired) electrons. The minimum Gasteiger partial charge on any atom is -0.497 e. The summed E-state index contributed by atoms with van der Waals surface area (Å²) in [5.41, 5.74) is 0.828. The first-order valence-electron chi connectivity index (χ1n) is 12.6. The molecule has 0 spiro atoms. The molecule has 2 rings (SSSR count). The normalized spacial score (nSPS) is 15.6. The molecule has 4 N–H and O–H groups in total. The number of methoxy groups -OCH3 is 1. The van der Waals surface area contributed by atoms with E-state index < -0.39 is 35.5 Å². The molecule has 1 aromatic carbocycles. The van der Waals surface area contributed by atoms with Crippen LogP contribution in [0.4, 0.5) is 10.5 Å². The van der Waals surface area contributed by atoms with Gasteiger partial charge in [-0.1, -0.05) is 12.5 Å². The summed E-state index contributed by atoms with van der Waals surface area (Å²) < 4.78 is 10.2. The number of carbonyl (C=O) groups excluding carboxylic acids is 3. The Morgan fingerprint density at radius 3 is 2.42 bits per heavy atom. The zero-order valence-corrected chi connectivity index (χ0v) is 24.3. The van der Waals surface area contributed by atoms with E-state index in [1.54, 1.807) is 40.9 Å². The van der Waals surface area contributed by atoms with Crippen molar-refractivity contribution in [2.24, 2.45) is 0 Å². The van der Waals surface area contributed by atoms with Gasteiger partial charge in [0.05, 0.1) is 11.2 Å². The van der Waals surface area contributed by atoms with Crippen LogP contribution in [0, 0.1) is 0 Å². The number of unbranched alkanes of at least 4 members (excludes halogenated alkanes) is 1. The quantitative estimate of drug-likeness (QED) is 0.270. The van der Waals surface area contributed by atoms with E-state index in [0.29, 0.717) is 17.9 Å². The lowest BCUT2D eigenvalue weighted by Gasteiger charge is -2.38. The molecule has 3 amide bonds. The van der Waals surface area contributed by atoms with Gasteiger partial charge in [0.25, 0.3) is 0 Å². The number of anilines is 1. The summed E-state index contributed by atoms with van der Waals surface area (Å²) in [5.74, 6) is 0.742. The first kappa shape index (κ1) is 31.6. The Morgan fingerprint density at radius 1 is 1.13 bits per heavy atom. The average Bonchev–Trinajstić information content (AvgIpc) is 2.84. The van der Waals surface area contributed by atoms with Gasteiger partial charge in [0.1, 0.15) is 23.9 Å². The van der Waals surface area contributed by atoms with E-state index in [4.69, 9.17) is 14.6 Å². The van der Waals surface area contributed by atoms with Gasteiger partial charge in [-0.2, -0.15) is 0 Å². The van der Waals surface area contributed by atoms with Crippen LogP contribution >= 0.6 is 23.5 Å². The highest BCUT2D eigenvalue weighted by atomic mass is 32.2. The molecule has 0 aromatic heterocycles. The molecular formula is C26H39N3O7S2. The van der Waals surface area contributed by atoms with Crippen molar-refractivity contribution in [3.05, 3.63) is 23.8 Å². The zero-order valence-electron chi connectivity index (χ0n) is 22.7. The maximum absolute atomic E-state index is 13.1. The van der Waals surface area contributed by atoms with E-state index in [1.165, 1.54) is 0 Å². The summed E-state index contributed by atoms with van der Waals surface area (Å²) >= 11 is 3.62. The number of thioether (sulfide) groups is 2. The van der Waals surface area contributed by atoms with E-state index in [2.05, 4.69) is 16.0 Å². The Kier molecular flexibility index (Phi) is 12.1. The molecule has 0 bridgehead atoms. The number of amides is 3. The van der Waals surface area contributed by atoms with Gasteiger partial charge < -0.3 is 30.5 Å². The van der Waals surface area contributed by atoms with Crippen molar-refractivity contribution in [3.63, 3.8) is 0 Å². The lowest BCUT2D eigenvalue weighted by atomic mass is 10.0. The lowest BCUT2D eigenvalue weighted by molar-refractivity contribution is -0.137. The monoisotopic (exact) mass is 569 g/mol. The van der Waals surface area contributed by atoms with E-state index >= 15 is 0 Å². The molecule has 12 heteroatoms. The zero-order chi connectivity index (χ0) is 28.3. The summed E-state index contributed by atoms with van der Waals surface area (Å²) in [6.45, 7) is 6.39. The van der Waals surface area contributed by atoms with Crippen LogP contribution in [0.5, 0.6) is 5.75 Å². The van der Waals surface area contributed by atoms with Crippen LogP contribution in [0.15, 0.2) is 18.2 Å². The standard InChI is InChI=1S/C26H39N3O7S2/c1-17(28-21(30)16-27-24(34)36-25(2,3)4)23(33)29-20-15-18(35-5)10-11-19(20)26(37-13-8-14-38-26)12-7-6-9-22(31)32/h10-11,15,17H,6-9,12-14,16H2,1-5H3,(H,27,34)(H,28,30)(H,29,33)(H,31,32)/t17-/m1/s1. The van der Waals surface area contributed by atoms with Gasteiger partial charge in [0.15, 0.2) is 0 Å². The van der Waals surface area contributed by atoms with Crippen LogP contribution in [0.2, 0.25) is 0 Å². The lowest BCUT2D eigenvalue weighted by Crippen LogP contribution is -2.46. The van der Waals surface area contributed by atoms with E-state index in [9.17, 15) is 19.2 Å². The number of alkyl carbamates (subject to hydrolysis) is 1. The van der Waals surface area contributed by atoms with Crippen molar-refractivity contribution in [1.82, 2.24) is 10.6 Å². The van der Waals surface area contributed by atoms with Crippen molar-refractivity contribution in [3.8, 4) is 5.75 Å². The van der Waals surface area contributed by atoms with Gasteiger partial charge in [-0.25, -0.2) is 4.79 Å². The number of carboxylic acids is 1. The van der Waals surface area contributed by atoms with Crippen molar-refractivity contribution < 1.29 is 33.8 Å². The Bertz CT molecular complexity index is 992. The third kappa shape index (κ3) is 10.3. The third-order valence-electron chi connectivity index (χ3n) is 5.56. The predicted octanol–water partition coefficient (Wildman–Crippen LogP) is 4.33. The fourth-order valence-corrected chi connectivity index (χ4v) is 7.29. The van der Waals surface area contributed by atoms with Crippen molar-refractivity contribution in [2.75, 3.05) is 30.5 Å². The highest BCUT2D eigenvalue weighted by Crippen LogP contribution is 2.55. The number of ether oxygens (including phenoxy) is 2. The first-order chi connectivity index (χ1) is 17.8. The molecule has 0 unspecified atom stereocenters. The summed E-state index contributed by atoms with van der Waals surface area (Å²) in [4.78, 5) is 48.2. The predicted molar refractivity (Wildman–Crippen MR) is 151 cm³/mol. The van der Waals surface area contributed by atoms with E-state index in [-0.39, 0.29) is 17.0 Å². The number of nitrogens with one attached hydrogen (secondary N) is 3. The summed E-state index contributed by atoms with van der Waals surface area (Å²) in [5, 5.41) is 16.9. The summed E-state index contributed by atoms with van der Waals surface area (Å²) in [6, 6.07) is 4.69. The van der Waals surface area contributed by atoms with Crippen LogP contribution < -0.4 is 20.7 Å². The Morgan fingerprint density at radius 2 is 1.82 bits per heavy atom. The molecule has 1 saturated heterocycles. The highest BCUT2D eigenvalue weighted by molar-refractivity contribution is 8.18. The molecular weight excluding hydrogens is 530 g/mol. The van der Waals surface area contributed by atoms with Crippen LogP contribution in [0.1, 0.15) is 65.4 Å². The average molecular weight is 570 g/mol. The fourth-order valence-electron chi connectivity index (χ4n) is 3.79. The van der Waals surface area contributed by atoms with Gasteiger partial charge >= 0.3 is 12.1 Å². The smallest absolute Gasteiger partial charge is 0.408 e. The molecule has 0 aliphatic carbocycles. The number of benzene rings is 1. The summed E-state index contributed by atoms with van der Waals surface area (Å²) in [7, 11) is 1.55. The molecule has 38 heavy (non-hydrogen) atoms. The second-order valence-electron chi connectivity index (χ2n) is 9.95. The van der Waals surface area contributed by atoms with Crippen LogP contribution in [0.25, 0.3) is 0 Å². The van der Waals surface area contributed by atoms with Crippen molar-refractivity contribution in [2.45, 2.75) is 75.5 Å². The molecule has 1 aliphatic heterocycles. The molecule has 1 atom stereocenters. The van der Waals surface area contributed by atoms with Crippen molar-refractivity contribution in [1.29, 1.82) is 0 Å². The Balaban J connectivity index is 2.13. The number of hydrogen-bond donors (Lipinski definition) is 4. The number of rotatable bonds is 12. The SMILES string of the molecule is COc1ccc(C2(CCCCC(=O)O)SCCCS2)c(NC(=O)[C@@H](C)NC(=O)CNC(=O)OC(C)(C)C)c1. The van der Waals surface area contributed by atoms with Crippen LogP contribution in [0.3, 0.4) is 0 Å². The maximum atomic E-state index is 13.1. The number of aliphatic carboxylic acids is 1. The molecule has 1 heterocycles. The van der Waals surface area contributed by atoms with Gasteiger partial charge in [-0.15, -0.1) is 23.5 Å². The van der Waals surface area contributed by atoms with Crippen molar-refractivity contribution >= 4 is 53.1 Å². The van der Waals surface area contributed by atoms with E-state index in [1.807, 2.05) is 35.7 Å². The van der Waals surface area contributed by atoms with Crippen LogP contribution in [-0.4, -0.2) is 65.8 Å². The number of carboxylic acid groups (broad SMARTS) is 1. The van der Waals surface area contributed by atoms with Gasteiger partial charge in [0, 0.05) is 23.7 Å². The highest BCUT2D eigenvalue weighted by Gasteiger charge is 2.37. The molecule has 1 aromatic rings. The number of hydrogen-bond acceptors (Lipinski definition) is 8. The molecule has 212 valence electrons. The Labute approximate surface area is 232 Å². The van der Waals surface area contributed by atoms with Gasteiger partial charge in [0.2, 0.25) is 11.8 Å². The largest absolute Gasteiger partial charge is 0.497 e. The first-order valence-corrected chi connectivity index (χ1v) is 14.6. The summed E-state index contributed by atoms with van der Waals surface area (Å²) in [6.07, 6.45) is 2.55. The van der Waals surface area contributed by atoms with Gasteiger partial charge in [-0.05, 0) is 64.5 Å². The molecule has 1 aliphatic rings. The minimum absolute atomic E-state index is 0.123. The maximum Gasteiger partial charge on any atom is 0.408 e. The second kappa shape index (κ2) is 14.5. The third-order valence-corrected chi connectivity index (χ3v) is 9.04. The molecule has 0 saturated carbocycles. The number of carbonyl (C=O) groups is 4. The molecule has 1 fully saturated rings. The topological polar surface area (TPSA) is 143 Å². The minimum atomic E-state index is -0.875. The van der Waals surface area contributed by atoms with E-state index in [0.717, 1.165) is 36.3 Å². The second-order valence-corrected chi connectivity index (χ2v) is 13.0. The van der Waals surface area contributed by atoms with Gasteiger partial charge in [-0.3, -0.25) is 14.4 Å². The Hall–Kier alpha value is -2.60. The fraction of sp³-hybridized carbons (Fsp3) is 0.615.